The van der Waals surface area contributed by atoms with Crippen LogP contribution >= 0.6 is 14.3 Å². The Balaban J connectivity index is 1.18. The van der Waals surface area contributed by atoms with Crippen LogP contribution in [-0.4, -0.2) is 106 Å². The topological polar surface area (TPSA) is 272 Å². The summed E-state index contributed by atoms with van der Waals surface area (Å²) in [5, 5.41) is 11.8. The number of H-pyrrole nitrogens is 1. The Kier molecular flexibility index (Phi) is 8.01. The number of aliphatic hydroxyl groups excluding tert-OH is 1. The maximum atomic E-state index is 14.7. The smallest absolute Gasteiger partial charge is 0.331 e. The monoisotopic (exact) mass is 740 g/mol. The molecule has 0 radical (unpaired) electrons. The molecule has 2 unspecified atom stereocenters. The van der Waals surface area contributed by atoms with Gasteiger partial charge in [0, 0.05) is 12.5 Å². The fraction of sp³-hybridized carbons (Fsp3) is 0.615. The standard InChI is InChI=1S/C26H34N10O10P2S/c1-3-42-47(39)5-4-26-6-11(26)15(35-9-31-13-20(27)29-8-30-21(13)35)16(37)19(26)46-48(40,49)43-7-12-17(41-2)18(45-47)24(44-12)36-10-32-14-22(36)33-25(28)34-23(14)38/h8-12,15-19,24,37H,3-7H2,1-2H3,(H,40,49)(H2,27,29,30)(H3,28,33,34,38)/t11-,12-,15-,16+,17-,18-,19+,24-,26?,47-,48?/m1/s1. The number of hydrogen-bond acceptors (Lipinski definition) is 17. The molecular weight excluding hydrogens is 706 g/mol. The first-order valence-electron chi connectivity index (χ1n) is 15.5. The first kappa shape index (κ1) is 33.2. The summed E-state index contributed by atoms with van der Waals surface area (Å²) in [6, 6.07) is -0.598. The maximum absolute atomic E-state index is 14.7. The van der Waals surface area contributed by atoms with Crippen LogP contribution in [0, 0.1) is 11.3 Å². The van der Waals surface area contributed by atoms with Crippen LogP contribution in [0.1, 0.15) is 32.0 Å². The van der Waals surface area contributed by atoms with E-state index in [0.717, 1.165) is 0 Å². The van der Waals surface area contributed by atoms with E-state index < -0.39 is 68.1 Å². The van der Waals surface area contributed by atoms with Crippen molar-refractivity contribution >= 4 is 60.2 Å². The second kappa shape index (κ2) is 11.8. The molecule has 0 aromatic carbocycles. The van der Waals surface area contributed by atoms with Gasteiger partial charge in [-0.2, -0.15) is 4.98 Å². The number of nitrogen functional groups attached to an aromatic ring is 2. The number of nitrogens with two attached hydrogens (primary N) is 2. The highest BCUT2D eigenvalue weighted by Gasteiger charge is 2.73. The molecule has 11 atom stereocenters. The van der Waals surface area contributed by atoms with Crippen molar-refractivity contribution in [2.45, 2.75) is 62.6 Å². The molecular formula is C26H34N10O10P2S. The average Bonchev–Trinajstić information content (AvgIpc) is 3.35. The number of methoxy groups -OCH3 is 1. The van der Waals surface area contributed by atoms with Crippen molar-refractivity contribution in [2.24, 2.45) is 11.3 Å². The van der Waals surface area contributed by atoms with Gasteiger partial charge in [-0.05, 0) is 37.5 Å². The van der Waals surface area contributed by atoms with Gasteiger partial charge in [0.15, 0.2) is 28.9 Å². The van der Waals surface area contributed by atoms with E-state index in [1.54, 1.807) is 11.5 Å². The molecule has 2 aliphatic heterocycles. The number of rotatable bonds is 5. The van der Waals surface area contributed by atoms with Crippen molar-refractivity contribution in [1.82, 2.24) is 39.0 Å². The lowest BCUT2D eigenvalue weighted by Crippen LogP contribution is -2.37. The molecule has 4 aromatic rings. The minimum atomic E-state index is -4.05. The molecule has 8 rings (SSSR count). The number of imidazole rings is 2. The van der Waals surface area contributed by atoms with Gasteiger partial charge in [-0.25, -0.2) is 19.9 Å². The summed E-state index contributed by atoms with van der Waals surface area (Å²) in [6.45, 7) is -2.64. The van der Waals surface area contributed by atoms with E-state index in [1.165, 1.54) is 30.7 Å². The molecule has 7 N–H and O–H groups in total. The molecule has 2 saturated heterocycles. The number of aromatic nitrogens is 8. The van der Waals surface area contributed by atoms with Gasteiger partial charge in [0.2, 0.25) is 5.95 Å². The summed E-state index contributed by atoms with van der Waals surface area (Å²) in [5.41, 5.74) is 11.4. The van der Waals surface area contributed by atoms with Crippen molar-refractivity contribution in [1.29, 1.82) is 0 Å². The van der Waals surface area contributed by atoms with Gasteiger partial charge in [-0.15, -0.1) is 0 Å². The zero-order valence-electron chi connectivity index (χ0n) is 26.1. The van der Waals surface area contributed by atoms with Crippen molar-refractivity contribution in [3.05, 3.63) is 29.3 Å². The average molecular weight is 741 g/mol. The minimum absolute atomic E-state index is 0.00838. The second-order valence-corrected chi connectivity index (χ2v) is 17.4. The first-order valence-corrected chi connectivity index (χ1v) is 19.8. The molecule has 23 heteroatoms. The largest absolute Gasteiger partial charge is 0.388 e. The van der Waals surface area contributed by atoms with Gasteiger partial charge in [0.25, 0.3) is 5.56 Å². The third-order valence-electron chi connectivity index (χ3n) is 9.92. The van der Waals surface area contributed by atoms with E-state index in [9.17, 15) is 19.4 Å². The van der Waals surface area contributed by atoms with Gasteiger partial charge in [0.1, 0.15) is 42.4 Å². The Bertz CT molecular complexity index is 2100. The highest BCUT2D eigenvalue weighted by atomic mass is 32.5. The Morgan fingerprint density at radius 2 is 1.94 bits per heavy atom. The normalized spacial score (nSPS) is 39.3. The van der Waals surface area contributed by atoms with Crippen molar-refractivity contribution in [3.8, 4) is 0 Å². The summed E-state index contributed by atoms with van der Waals surface area (Å²) in [4.78, 5) is 47.5. The summed E-state index contributed by atoms with van der Waals surface area (Å²) in [7, 11) is -2.55. The maximum Gasteiger partial charge on any atom is 0.331 e. The predicted molar refractivity (Wildman–Crippen MR) is 174 cm³/mol. The van der Waals surface area contributed by atoms with E-state index in [1.807, 2.05) is 0 Å². The van der Waals surface area contributed by atoms with Gasteiger partial charge in [-0.3, -0.25) is 23.4 Å². The van der Waals surface area contributed by atoms with E-state index >= 15 is 0 Å². The number of anilines is 2. The molecule has 20 nitrogen and oxygen atoms in total. The Morgan fingerprint density at radius 3 is 2.71 bits per heavy atom. The summed E-state index contributed by atoms with van der Waals surface area (Å²) in [5.74, 6) is -0.182. The number of fused-ring (bicyclic) bond motifs is 4. The zero-order chi connectivity index (χ0) is 34.5. The predicted octanol–water partition coefficient (Wildman–Crippen LogP) is 0.595. The molecule has 4 aromatic heterocycles. The summed E-state index contributed by atoms with van der Waals surface area (Å²) in [6.07, 6.45) is -1.50. The lowest BCUT2D eigenvalue weighted by molar-refractivity contribution is -0.0574. The van der Waals surface area contributed by atoms with Crippen LogP contribution in [0.25, 0.3) is 22.3 Å². The lowest BCUT2D eigenvalue weighted by atomic mass is 9.96. The van der Waals surface area contributed by atoms with Crippen LogP contribution in [0.3, 0.4) is 0 Å². The van der Waals surface area contributed by atoms with Crippen LogP contribution in [0.4, 0.5) is 11.8 Å². The Hall–Kier alpha value is -2.94. The molecule has 0 amide bonds. The zero-order valence-corrected chi connectivity index (χ0v) is 28.7. The number of aliphatic hydroxyl groups is 1. The van der Waals surface area contributed by atoms with Gasteiger partial charge < -0.3 is 49.1 Å². The van der Waals surface area contributed by atoms with Gasteiger partial charge in [-0.1, -0.05) is 0 Å². The van der Waals surface area contributed by atoms with Crippen LogP contribution in [0.2, 0.25) is 0 Å². The van der Waals surface area contributed by atoms with Crippen molar-refractivity contribution in [2.75, 3.05) is 38.0 Å². The van der Waals surface area contributed by atoms with Crippen LogP contribution in [0.5, 0.6) is 0 Å². The highest BCUT2D eigenvalue weighted by Crippen LogP contribution is 2.74. The van der Waals surface area contributed by atoms with E-state index in [4.69, 9.17) is 50.8 Å². The quantitative estimate of drug-likeness (QED) is 0.175. The van der Waals surface area contributed by atoms with E-state index in [0.29, 0.717) is 17.6 Å². The Labute approximate surface area is 282 Å². The molecule has 6 heterocycles. The second-order valence-electron chi connectivity index (χ2n) is 12.5. The van der Waals surface area contributed by atoms with Gasteiger partial charge in [0.05, 0.1) is 38.1 Å². The first-order chi connectivity index (χ1) is 23.4. The van der Waals surface area contributed by atoms with Crippen LogP contribution < -0.4 is 17.0 Å². The number of aromatic amines is 1. The fourth-order valence-electron chi connectivity index (χ4n) is 7.75. The highest BCUT2D eigenvalue weighted by molar-refractivity contribution is 8.07. The van der Waals surface area contributed by atoms with E-state index in [2.05, 4.69) is 29.9 Å². The molecule has 2 bridgehead atoms. The van der Waals surface area contributed by atoms with Crippen LogP contribution in [-0.2, 0) is 43.9 Å². The van der Waals surface area contributed by atoms with Gasteiger partial charge >= 0.3 is 14.3 Å². The minimum Gasteiger partial charge on any atom is -0.388 e. The molecule has 264 valence electrons. The van der Waals surface area contributed by atoms with Crippen molar-refractivity contribution < 1.29 is 42.1 Å². The fourth-order valence-corrected chi connectivity index (χ4v) is 11.2. The summed E-state index contributed by atoms with van der Waals surface area (Å²) < 4.78 is 54.2. The lowest BCUT2D eigenvalue weighted by Gasteiger charge is -2.32. The number of nitrogens with one attached hydrogen (secondary N) is 1. The number of hydrogen-bond donors (Lipinski definition) is 5. The number of nitrogens with zero attached hydrogens (tertiary/aromatic N) is 7. The molecule has 4 fully saturated rings. The molecule has 4 aliphatic rings. The third kappa shape index (κ3) is 5.34. The molecule has 49 heavy (non-hydrogen) atoms. The molecule has 1 spiro atoms. The van der Waals surface area contributed by atoms with E-state index in [-0.39, 0.29) is 54.6 Å². The molecule has 2 aliphatic carbocycles. The summed E-state index contributed by atoms with van der Waals surface area (Å²) >= 11 is 5.48. The van der Waals surface area contributed by atoms with Crippen molar-refractivity contribution in [3.63, 3.8) is 0 Å². The SMILES string of the molecule is CCO[P@]1(=O)CCC23C[C@@H]2[C@@H](n2cnc4c(N)ncnc42)[C@H](O)[C@@H]3OP(O)(=S)OC[C@H]2O[C@@H](n3cnc4c(=O)[nH]c(N)nc43)[C@H](O1)[C@@H]2OC. The Morgan fingerprint density at radius 1 is 1.16 bits per heavy atom. The number of ether oxygens (including phenoxy) is 2. The molecule has 2 saturated carbocycles. The van der Waals surface area contributed by atoms with Crippen LogP contribution in [0.15, 0.2) is 23.8 Å². The third-order valence-corrected chi connectivity index (χ3v) is 13.4.